The second-order valence-electron chi connectivity index (χ2n) is 5.58. The van der Waals surface area contributed by atoms with E-state index in [1.165, 1.54) is 6.07 Å². The summed E-state index contributed by atoms with van der Waals surface area (Å²) in [6.07, 6.45) is 1.70. The molecule has 1 aliphatic heterocycles. The summed E-state index contributed by atoms with van der Waals surface area (Å²) in [5, 5.41) is 2.72. The molecule has 5 nitrogen and oxygen atoms in total. The average Bonchev–Trinajstić information content (AvgIpc) is 2.54. The van der Waals surface area contributed by atoms with Crippen molar-refractivity contribution in [2.75, 3.05) is 18.2 Å². The van der Waals surface area contributed by atoms with Crippen LogP contribution in [0.4, 0.5) is 5.69 Å². The number of sulfone groups is 1. The first-order chi connectivity index (χ1) is 10.9. The summed E-state index contributed by atoms with van der Waals surface area (Å²) in [5.41, 5.74) is 1.29. The van der Waals surface area contributed by atoms with Gasteiger partial charge in [0.25, 0.3) is 0 Å². The maximum absolute atomic E-state index is 12.5. The van der Waals surface area contributed by atoms with Crippen LogP contribution >= 0.6 is 0 Å². The van der Waals surface area contributed by atoms with E-state index in [0.29, 0.717) is 12.1 Å². The Balaban J connectivity index is 1.79. The maximum Gasteiger partial charge on any atom is 0.231 e. The third kappa shape index (κ3) is 3.37. The number of hydrogen-bond donors (Lipinski definition) is 1. The number of nitrogens with one attached hydrogen (secondary N) is 1. The van der Waals surface area contributed by atoms with E-state index in [-0.39, 0.29) is 23.3 Å². The normalized spacial score (nSPS) is 17.0. The highest BCUT2D eigenvalue weighted by Crippen LogP contribution is 2.28. The highest BCUT2D eigenvalue weighted by atomic mass is 32.2. The monoisotopic (exact) mass is 331 g/mol. The van der Waals surface area contributed by atoms with E-state index < -0.39 is 9.84 Å². The van der Waals surface area contributed by atoms with Crippen molar-refractivity contribution < 1.29 is 17.9 Å². The van der Waals surface area contributed by atoms with Crippen LogP contribution in [-0.4, -0.2) is 27.2 Å². The topological polar surface area (TPSA) is 72.5 Å². The number of carbonyl (C=O) groups is 1. The molecule has 1 amide bonds. The van der Waals surface area contributed by atoms with Crippen molar-refractivity contribution in [3.05, 3.63) is 54.1 Å². The summed E-state index contributed by atoms with van der Waals surface area (Å²) < 4.78 is 29.2. The predicted molar refractivity (Wildman–Crippen MR) is 87.3 cm³/mol. The van der Waals surface area contributed by atoms with Crippen molar-refractivity contribution >= 4 is 21.4 Å². The molecule has 0 aliphatic carbocycles. The van der Waals surface area contributed by atoms with Crippen molar-refractivity contribution in [3.8, 4) is 5.75 Å². The van der Waals surface area contributed by atoms with E-state index >= 15 is 0 Å². The Kier molecular flexibility index (Phi) is 4.09. The van der Waals surface area contributed by atoms with Crippen LogP contribution in [0.2, 0.25) is 0 Å². The summed E-state index contributed by atoms with van der Waals surface area (Å²) >= 11 is 0. The first kappa shape index (κ1) is 15.6. The number of amides is 1. The largest absolute Gasteiger partial charge is 0.492 e. The van der Waals surface area contributed by atoms with Crippen LogP contribution in [-0.2, 0) is 21.1 Å². The zero-order chi connectivity index (χ0) is 16.4. The van der Waals surface area contributed by atoms with Crippen LogP contribution in [0, 0.1) is 5.92 Å². The Morgan fingerprint density at radius 2 is 1.83 bits per heavy atom. The maximum atomic E-state index is 12.5. The summed E-state index contributed by atoms with van der Waals surface area (Å²) in [4.78, 5) is 12.6. The molecule has 0 saturated heterocycles. The van der Waals surface area contributed by atoms with Gasteiger partial charge in [0, 0.05) is 6.26 Å². The molecular formula is C17H17NO4S. The molecule has 0 radical (unpaired) electrons. The molecule has 2 aromatic carbocycles. The van der Waals surface area contributed by atoms with E-state index in [2.05, 4.69) is 5.32 Å². The van der Waals surface area contributed by atoms with Crippen molar-refractivity contribution in [1.82, 2.24) is 0 Å². The fraction of sp³-hybridized carbons (Fsp3) is 0.235. The van der Waals surface area contributed by atoms with Crippen LogP contribution in [0.1, 0.15) is 5.56 Å². The highest BCUT2D eigenvalue weighted by Gasteiger charge is 2.26. The van der Waals surface area contributed by atoms with E-state index in [1.54, 1.807) is 18.2 Å². The summed E-state index contributed by atoms with van der Waals surface area (Å²) in [6.45, 7) is 0.282. The number of fused-ring (bicyclic) bond motifs is 1. The van der Waals surface area contributed by atoms with E-state index in [1.807, 2.05) is 24.3 Å². The second kappa shape index (κ2) is 6.04. The van der Waals surface area contributed by atoms with Gasteiger partial charge in [-0.05, 0) is 30.2 Å². The molecule has 1 heterocycles. The van der Waals surface area contributed by atoms with Crippen LogP contribution in [0.3, 0.4) is 0 Å². The number of anilines is 1. The third-order valence-corrected chi connectivity index (χ3v) is 4.95. The van der Waals surface area contributed by atoms with Crippen molar-refractivity contribution in [2.45, 2.75) is 11.3 Å². The molecule has 1 N–H and O–H groups in total. The molecule has 0 fully saturated rings. The number of benzene rings is 2. The Labute approximate surface area is 135 Å². The minimum Gasteiger partial charge on any atom is -0.492 e. The zero-order valence-corrected chi connectivity index (χ0v) is 13.5. The lowest BCUT2D eigenvalue weighted by Crippen LogP contribution is -2.32. The minimum atomic E-state index is -3.40. The van der Waals surface area contributed by atoms with Gasteiger partial charge >= 0.3 is 0 Å². The standard InChI is InChI=1S/C17H17NO4S/c1-23(20,21)16-9-5-3-7-14(16)18-17(19)13-10-12-6-2-4-8-15(12)22-11-13/h2-9,13H,10-11H2,1H3,(H,18,19). The molecule has 0 aromatic heterocycles. The second-order valence-corrected chi connectivity index (χ2v) is 7.56. The van der Waals surface area contributed by atoms with Gasteiger partial charge in [-0.25, -0.2) is 8.42 Å². The van der Waals surface area contributed by atoms with E-state index in [4.69, 9.17) is 4.74 Å². The van der Waals surface area contributed by atoms with E-state index in [0.717, 1.165) is 17.6 Å². The first-order valence-corrected chi connectivity index (χ1v) is 9.15. The lowest BCUT2D eigenvalue weighted by molar-refractivity contribution is -0.121. The lowest BCUT2D eigenvalue weighted by Gasteiger charge is -2.24. The molecule has 0 saturated carbocycles. The van der Waals surface area contributed by atoms with Gasteiger partial charge in [0.15, 0.2) is 9.84 Å². The number of carbonyl (C=O) groups excluding carboxylic acids is 1. The summed E-state index contributed by atoms with van der Waals surface area (Å²) in [6, 6.07) is 14.0. The first-order valence-electron chi connectivity index (χ1n) is 7.26. The smallest absolute Gasteiger partial charge is 0.231 e. The molecule has 0 bridgehead atoms. The Bertz CT molecular complexity index is 845. The lowest BCUT2D eigenvalue weighted by atomic mass is 9.96. The number of hydrogen-bond acceptors (Lipinski definition) is 4. The van der Waals surface area contributed by atoms with E-state index in [9.17, 15) is 13.2 Å². The zero-order valence-electron chi connectivity index (χ0n) is 12.7. The van der Waals surface area contributed by atoms with Crippen LogP contribution in [0.25, 0.3) is 0 Å². The number of para-hydroxylation sites is 2. The van der Waals surface area contributed by atoms with Crippen molar-refractivity contribution in [3.63, 3.8) is 0 Å². The Morgan fingerprint density at radius 1 is 1.13 bits per heavy atom. The molecule has 6 heteroatoms. The molecule has 0 spiro atoms. The summed E-state index contributed by atoms with van der Waals surface area (Å²) in [7, 11) is -3.40. The fourth-order valence-corrected chi connectivity index (χ4v) is 3.47. The van der Waals surface area contributed by atoms with Crippen LogP contribution in [0.15, 0.2) is 53.4 Å². The molecular weight excluding hydrogens is 314 g/mol. The van der Waals surface area contributed by atoms with Gasteiger partial charge in [-0.1, -0.05) is 30.3 Å². The molecule has 2 aromatic rings. The summed E-state index contributed by atoms with van der Waals surface area (Å²) in [5.74, 6) is 0.209. The molecule has 23 heavy (non-hydrogen) atoms. The molecule has 1 unspecified atom stereocenters. The molecule has 120 valence electrons. The van der Waals surface area contributed by atoms with Crippen LogP contribution in [0.5, 0.6) is 5.75 Å². The van der Waals surface area contributed by atoms with Gasteiger partial charge in [0.05, 0.1) is 16.5 Å². The molecule has 3 rings (SSSR count). The number of ether oxygens (including phenoxy) is 1. The highest BCUT2D eigenvalue weighted by molar-refractivity contribution is 7.90. The molecule has 1 aliphatic rings. The van der Waals surface area contributed by atoms with Gasteiger partial charge in [0.1, 0.15) is 12.4 Å². The van der Waals surface area contributed by atoms with Gasteiger partial charge in [-0.3, -0.25) is 4.79 Å². The Morgan fingerprint density at radius 3 is 2.61 bits per heavy atom. The molecule has 1 atom stereocenters. The van der Waals surface area contributed by atoms with Gasteiger partial charge in [-0.2, -0.15) is 0 Å². The number of rotatable bonds is 3. The predicted octanol–water partition coefficient (Wildman–Crippen LogP) is 2.28. The minimum absolute atomic E-state index is 0.116. The van der Waals surface area contributed by atoms with Crippen LogP contribution < -0.4 is 10.1 Å². The SMILES string of the molecule is CS(=O)(=O)c1ccccc1NC(=O)C1COc2ccccc2C1. The van der Waals surface area contributed by atoms with Gasteiger partial charge in [-0.15, -0.1) is 0 Å². The van der Waals surface area contributed by atoms with Crippen molar-refractivity contribution in [2.24, 2.45) is 5.92 Å². The van der Waals surface area contributed by atoms with Gasteiger partial charge < -0.3 is 10.1 Å². The van der Waals surface area contributed by atoms with Crippen molar-refractivity contribution in [1.29, 1.82) is 0 Å². The Hall–Kier alpha value is -2.34. The quantitative estimate of drug-likeness (QED) is 0.936. The third-order valence-electron chi connectivity index (χ3n) is 3.79. The average molecular weight is 331 g/mol. The van der Waals surface area contributed by atoms with Gasteiger partial charge in [0.2, 0.25) is 5.91 Å². The fourth-order valence-electron chi connectivity index (χ4n) is 2.62.